The molecule has 122 valence electrons. The zero-order valence-electron chi connectivity index (χ0n) is 12.5. The van der Waals surface area contributed by atoms with Crippen molar-refractivity contribution in [3.8, 4) is 5.75 Å². The summed E-state index contributed by atoms with van der Waals surface area (Å²) in [6.45, 7) is 0. The first kappa shape index (κ1) is 17.3. The van der Waals surface area contributed by atoms with Crippen LogP contribution in [0.25, 0.3) is 10.9 Å². The van der Waals surface area contributed by atoms with E-state index in [0.717, 1.165) is 14.8 Å². The summed E-state index contributed by atoms with van der Waals surface area (Å²) < 4.78 is 6.97. The van der Waals surface area contributed by atoms with Gasteiger partial charge in [0.25, 0.3) is 0 Å². The molecule has 0 saturated heterocycles. The van der Waals surface area contributed by atoms with Crippen LogP contribution in [-0.2, 0) is 0 Å². The maximum absolute atomic E-state index is 12.2. The highest BCUT2D eigenvalue weighted by Gasteiger charge is 2.12. The van der Waals surface area contributed by atoms with Crippen LogP contribution in [0.1, 0.15) is 0 Å². The molecule has 1 amide bonds. The van der Waals surface area contributed by atoms with E-state index in [9.17, 15) is 4.79 Å². The number of ether oxygens (including phenoxy) is 1. The largest absolute Gasteiger partial charge is 0.417 e. The van der Waals surface area contributed by atoms with Gasteiger partial charge in [-0.3, -0.25) is 5.32 Å². The van der Waals surface area contributed by atoms with Gasteiger partial charge in [0.2, 0.25) is 0 Å². The first-order valence-electron chi connectivity index (χ1n) is 6.94. The number of para-hydroxylation sites is 1. The lowest BCUT2D eigenvalue weighted by atomic mass is 10.2. The predicted molar refractivity (Wildman–Crippen MR) is 105 cm³/mol. The molecular formula is C17H12Br2N2O2S. The van der Waals surface area contributed by atoms with E-state index < -0.39 is 6.09 Å². The number of carbonyl (C=O) groups is 1. The molecular weight excluding hydrogens is 456 g/mol. The van der Waals surface area contributed by atoms with Gasteiger partial charge in [-0.05, 0) is 74.5 Å². The molecule has 24 heavy (non-hydrogen) atoms. The third-order valence-electron chi connectivity index (χ3n) is 3.26. The van der Waals surface area contributed by atoms with Crippen LogP contribution >= 0.6 is 43.6 Å². The molecule has 0 atom stereocenters. The quantitative estimate of drug-likeness (QED) is 0.374. The van der Waals surface area contributed by atoms with Gasteiger partial charge in [-0.15, -0.1) is 11.8 Å². The number of halogens is 2. The Hall–Kier alpha value is -1.57. The van der Waals surface area contributed by atoms with Crippen LogP contribution in [0.5, 0.6) is 5.75 Å². The number of aromatic nitrogens is 1. The molecule has 1 aromatic heterocycles. The summed E-state index contributed by atoms with van der Waals surface area (Å²) in [5.74, 6) is 0.396. The van der Waals surface area contributed by atoms with Crippen LogP contribution in [0.4, 0.5) is 10.5 Å². The standard InChI is InChI=1S/C17H12Br2N2O2S/c1-24-11-7-5-10(6-8-11)20-17(22)23-14-4-2-3-12-13(18)9-15(19)21-16(12)14/h2-9H,1H3,(H,20,22). The van der Waals surface area contributed by atoms with Gasteiger partial charge in [-0.1, -0.05) is 12.1 Å². The van der Waals surface area contributed by atoms with Crippen molar-refractivity contribution in [1.29, 1.82) is 0 Å². The number of carbonyl (C=O) groups excluding carboxylic acids is 1. The van der Waals surface area contributed by atoms with Crippen LogP contribution in [0, 0.1) is 0 Å². The zero-order chi connectivity index (χ0) is 17.1. The van der Waals surface area contributed by atoms with Crippen molar-refractivity contribution in [1.82, 2.24) is 4.98 Å². The molecule has 0 aliphatic heterocycles. The fourth-order valence-corrected chi connectivity index (χ4v) is 3.81. The second-order valence-corrected chi connectivity index (χ2v) is 7.37. The van der Waals surface area contributed by atoms with Gasteiger partial charge in [0.1, 0.15) is 10.1 Å². The fraction of sp³-hybridized carbons (Fsp3) is 0.0588. The van der Waals surface area contributed by atoms with Crippen molar-refractivity contribution in [3.05, 3.63) is 57.6 Å². The number of amides is 1. The molecule has 0 unspecified atom stereocenters. The van der Waals surface area contributed by atoms with Crippen LogP contribution in [0.15, 0.2) is 62.5 Å². The number of benzene rings is 2. The van der Waals surface area contributed by atoms with Crippen LogP contribution in [0.2, 0.25) is 0 Å². The zero-order valence-corrected chi connectivity index (χ0v) is 16.5. The molecule has 1 N–H and O–H groups in total. The second-order valence-electron chi connectivity index (χ2n) is 4.82. The SMILES string of the molecule is CSc1ccc(NC(=O)Oc2cccc3c(Br)cc(Br)nc23)cc1. The van der Waals surface area contributed by atoms with Crippen molar-refractivity contribution in [3.63, 3.8) is 0 Å². The van der Waals surface area contributed by atoms with Gasteiger partial charge in [0.15, 0.2) is 5.75 Å². The Kier molecular flexibility index (Phi) is 5.43. The Morgan fingerprint density at radius 2 is 1.92 bits per heavy atom. The Morgan fingerprint density at radius 1 is 1.17 bits per heavy atom. The summed E-state index contributed by atoms with van der Waals surface area (Å²) in [7, 11) is 0. The van der Waals surface area contributed by atoms with Crippen LogP contribution in [0.3, 0.4) is 0 Å². The predicted octanol–water partition coefficient (Wildman–Crippen LogP) is 6.09. The maximum Gasteiger partial charge on any atom is 0.417 e. The van der Waals surface area contributed by atoms with E-state index in [2.05, 4.69) is 42.2 Å². The third kappa shape index (κ3) is 3.91. The van der Waals surface area contributed by atoms with Gasteiger partial charge >= 0.3 is 6.09 Å². The number of nitrogens with zero attached hydrogens (tertiary/aromatic N) is 1. The highest BCUT2D eigenvalue weighted by Crippen LogP contribution is 2.31. The normalized spacial score (nSPS) is 10.6. The van der Waals surface area contributed by atoms with E-state index in [1.54, 1.807) is 17.8 Å². The number of rotatable bonds is 3. The summed E-state index contributed by atoms with van der Waals surface area (Å²) in [5, 5.41) is 3.58. The van der Waals surface area contributed by atoms with E-state index in [1.165, 1.54) is 0 Å². The number of hydrogen-bond acceptors (Lipinski definition) is 4. The Bertz CT molecular complexity index is 901. The lowest BCUT2D eigenvalue weighted by molar-refractivity contribution is 0.215. The average Bonchev–Trinajstić information content (AvgIpc) is 2.56. The molecule has 0 bridgehead atoms. The minimum Gasteiger partial charge on any atom is -0.408 e. The van der Waals surface area contributed by atoms with Gasteiger partial charge in [0.05, 0.1) is 0 Å². The molecule has 3 rings (SSSR count). The monoisotopic (exact) mass is 466 g/mol. The van der Waals surface area contributed by atoms with Crippen molar-refractivity contribution < 1.29 is 9.53 Å². The fourth-order valence-electron chi connectivity index (χ4n) is 2.15. The Balaban J connectivity index is 1.82. The van der Waals surface area contributed by atoms with Crippen LogP contribution < -0.4 is 10.1 Å². The number of hydrogen-bond donors (Lipinski definition) is 1. The number of pyridine rings is 1. The molecule has 0 aliphatic carbocycles. The lowest BCUT2D eigenvalue weighted by Crippen LogP contribution is -2.17. The minimum absolute atomic E-state index is 0.396. The molecule has 2 aromatic carbocycles. The molecule has 0 spiro atoms. The molecule has 3 aromatic rings. The van der Waals surface area contributed by atoms with E-state index in [1.807, 2.05) is 48.7 Å². The summed E-state index contributed by atoms with van der Waals surface area (Å²) >= 11 is 8.48. The average molecular weight is 468 g/mol. The second kappa shape index (κ2) is 7.55. The van der Waals surface area contributed by atoms with Gasteiger partial charge < -0.3 is 4.74 Å². The number of fused-ring (bicyclic) bond motifs is 1. The summed E-state index contributed by atoms with van der Waals surface area (Å²) in [6, 6.07) is 14.8. The van der Waals surface area contributed by atoms with Gasteiger partial charge in [0, 0.05) is 20.4 Å². The summed E-state index contributed by atoms with van der Waals surface area (Å²) in [4.78, 5) is 17.7. The summed E-state index contributed by atoms with van der Waals surface area (Å²) in [5.41, 5.74) is 1.28. The topological polar surface area (TPSA) is 51.2 Å². The van der Waals surface area contributed by atoms with Crippen molar-refractivity contribution in [2.24, 2.45) is 0 Å². The number of thioether (sulfide) groups is 1. The Labute approximate surface area is 160 Å². The summed E-state index contributed by atoms with van der Waals surface area (Å²) in [6.07, 6.45) is 1.44. The van der Waals surface area contributed by atoms with E-state index in [4.69, 9.17) is 4.74 Å². The van der Waals surface area contributed by atoms with E-state index in [-0.39, 0.29) is 0 Å². The highest BCUT2D eigenvalue weighted by molar-refractivity contribution is 9.11. The van der Waals surface area contributed by atoms with E-state index in [0.29, 0.717) is 21.6 Å². The van der Waals surface area contributed by atoms with Crippen LogP contribution in [-0.4, -0.2) is 17.3 Å². The lowest BCUT2D eigenvalue weighted by Gasteiger charge is -2.10. The number of nitrogens with one attached hydrogen (secondary N) is 1. The Morgan fingerprint density at radius 3 is 2.62 bits per heavy atom. The van der Waals surface area contributed by atoms with Crippen molar-refractivity contribution in [2.75, 3.05) is 11.6 Å². The highest BCUT2D eigenvalue weighted by atomic mass is 79.9. The molecule has 4 nitrogen and oxygen atoms in total. The maximum atomic E-state index is 12.2. The molecule has 0 fully saturated rings. The number of anilines is 1. The smallest absolute Gasteiger partial charge is 0.408 e. The van der Waals surface area contributed by atoms with Crippen molar-refractivity contribution in [2.45, 2.75) is 4.90 Å². The molecule has 0 saturated carbocycles. The first-order chi connectivity index (χ1) is 11.6. The molecule has 7 heteroatoms. The molecule has 0 aliphatic rings. The molecule has 1 heterocycles. The van der Waals surface area contributed by atoms with Gasteiger partial charge in [-0.25, -0.2) is 9.78 Å². The first-order valence-corrected chi connectivity index (χ1v) is 9.75. The molecule has 0 radical (unpaired) electrons. The van der Waals surface area contributed by atoms with Gasteiger partial charge in [-0.2, -0.15) is 0 Å². The van der Waals surface area contributed by atoms with Crippen molar-refractivity contribution >= 4 is 66.3 Å². The minimum atomic E-state index is -0.558. The third-order valence-corrected chi connectivity index (χ3v) is 5.07. The van der Waals surface area contributed by atoms with E-state index >= 15 is 0 Å².